The molecule has 0 saturated heterocycles. The Morgan fingerprint density at radius 2 is 1.61 bits per heavy atom. The third kappa shape index (κ3) is 7.18. The van der Waals surface area contributed by atoms with Crippen molar-refractivity contribution >= 4 is 17.5 Å². The van der Waals surface area contributed by atoms with Crippen LogP contribution in [0, 0.1) is 11.6 Å². The van der Waals surface area contributed by atoms with Crippen LogP contribution in [0.5, 0.6) is 11.5 Å². The van der Waals surface area contributed by atoms with Crippen LogP contribution >= 0.6 is 11.6 Å². The van der Waals surface area contributed by atoms with Crippen LogP contribution in [0.25, 0.3) is 0 Å². The maximum atomic E-state index is 14.9. The second kappa shape index (κ2) is 12.3. The van der Waals surface area contributed by atoms with E-state index >= 15 is 0 Å². The summed E-state index contributed by atoms with van der Waals surface area (Å²) in [7, 11) is 0. The van der Waals surface area contributed by atoms with Gasteiger partial charge < -0.3 is 15.2 Å². The zero-order chi connectivity index (χ0) is 32.4. The van der Waals surface area contributed by atoms with Gasteiger partial charge in [0.1, 0.15) is 28.7 Å². The monoisotopic (exact) mass is 648 g/mol. The van der Waals surface area contributed by atoms with Crippen molar-refractivity contribution < 1.29 is 54.2 Å². The number of ether oxygens (including phenoxy) is 1. The molecule has 5 nitrogen and oxygen atoms in total. The molecule has 44 heavy (non-hydrogen) atoms. The predicted molar refractivity (Wildman–Crippen MR) is 139 cm³/mol. The zero-order valence-electron chi connectivity index (χ0n) is 21.8. The molecule has 15 heteroatoms. The van der Waals surface area contributed by atoms with Crippen LogP contribution < -0.4 is 10.1 Å². The first-order valence-corrected chi connectivity index (χ1v) is 12.6. The number of hydrogen-bond acceptors (Lipinski definition) is 4. The molecule has 0 fully saturated rings. The van der Waals surface area contributed by atoms with Gasteiger partial charge in [-0.2, -0.15) is 30.7 Å². The Bertz CT molecular complexity index is 1650. The van der Waals surface area contributed by atoms with Gasteiger partial charge in [-0.1, -0.05) is 23.7 Å². The minimum atomic E-state index is -5.19. The zero-order valence-corrected chi connectivity index (χ0v) is 22.5. The van der Waals surface area contributed by atoms with E-state index in [1.165, 1.54) is 36.4 Å². The summed E-state index contributed by atoms with van der Waals surface area (Å²) < 4.78 is 127. The fourth-order valence-electron chi connectivity index (χ4n) is 4.29. The van der Waals surface area contributed by atoms with Crippen LogP contribution in [0.4, 0.5) is 39.5 Å². The van der Waals surface area contributed by atoms with E-state index in [4.69, 9.17) is 11.6 Å². The van der Waals surface area contributed by atoms with E-state index in [2.05, 4.69) is 15.0 Å². The molecule has 1 heterocycles. The Morgan fingerprint density at radius 1 is 0.932 bits per heavy atom. The number of carbonyl (C=O) groups is 1. The highest BCUT2D eigenvalue weighted by molar-refractivity contribution is 6.30. The number of rotatable bonds is 9. The number of halogens is 10. The smallest absolute Gasteiger partial charge is 0.461 e. The van der Waals surface area contributed by atoms with Gasteiger partial charge in [0.2, 0.25) is 0 Å². The molecule has 0 spiro atoms. The SMILES string of the molecule is O=C(N[C@](Cc1ccc(O)cc1)(c1cc(F)cc(OC(F)(F)C(F)F)c1)c1ccc(Cl)cn1)c1ccc(F)c(C(F)(F)F)c1. The molecule has 4 aromatic rings. The summed E-state index contributed by atoms with van der Waals surface area (Å²) in [5.74, 6) is -5.52. The summed E-state index contributed by atoms with van der Waals surface area (Å²) in [4.78, 5) is 17.7. The van der Waals surface area contributed by atoms with Crippen molar-refractivity contribution in [1.82, 2.24) is 10.3 Å². The molecular weight excluding hydrogens is 631 g/mol. The third-order valence-corrected chi connectivity index (χ3v) is 6.53. The Balaban J connectivity index is 1.96. The number of pyridine rings is 1. The van der Waals surface area contributed by atoms with Crippen LogP contribution in [0.2, 0.25) is 5.02 Å². The van der Waals surface area contributed by atoms with Crippen molar-refractivity contribution in [2.24, 2.45) is 0 Å². The molecule has 3 aromatic carbocycles. The van der Waals surface area contributed by atoms with Gasteiger partial charge in [-0.25, -0.2) is 8.78 Å². The number of alkyl halides is 7. The summed E-state index contributed by atoms with van der Waals surface area (Å²) in [6.45, 7) is 0. The maximum Gasteiger partial charge on any atom is 0.461 e. The fourth-order valence-corrected chi connectivity index (χ4v) is 4.40. The summed E-state index contributed by atoms with van der Waals surface area (Å²) >= 11 is 5.96. The van der Waals surface area contributed by atoms with Crippen molar-refractivity contribution in [3.05, 3.63) is 124 Å². The first kappa shape index (κ1) is 32.5. The molecule has 0 radical (unpaired) electrons. The molecule has 0 saturated carbocycles. The average molecular weight is 649 g/mol. The third-order valence-electron chi connectivity index (χ3n) is 6.30. The van der Waals surface area contributed by atoms with Crippen LogP contribution in [0.3, 0.4) is 0 Å². The predicted octanol–water partition coefficient (Wildman–Crippen LogP) is 7.89. The first-order chi connectivity index (χ1) is 20.5. The number of nitrogens with zero attached hydrogens (tertiary/aromatic N) is 1. The highest BCUT2D eigenvalue weighted by Crippen LogP contribution is 2.38. The Morgan fingerprint density at radius 3 is 2.20 bits per heavy atom. The van der Waals surface area contributed by atoms with Crippen LogP contribution in [0.1, 0.15) is 32.7 Å². The molecule has 0 aliphatic rings. The Hall–Kier alpha value is -4.46. The van der Waals surface area contributed by atoms with E-state index in [1.807, 2.05) is 0 Å². The molecule has 0 unspecified atom stereocenters. The fraction of sp³-hybridized carbons (Fsp3) is 0.172. The van der Waals surface area contributed by atoms with E-state index in [-0.39, 0.29) is 28.1 Å². The largest absolute Gasteiger partial charge is 0.508 e. The van der Waals surface area contributed by atoms with Crippen molar-refractivity contribution in [3.63, 3.8) is 0 Å². The summed E-state index contributed by atoms with van der Waals surface area (Å²) in [6.07, 6.45) is -13.9. The topological polar surface area (TPSA) is 71.5 Å². The number of amides is 1. The lowest BCUT2D eigenvalue weighted by Crippen LogP contribution is -2.49. The van der Waals surface area contributed by atoms with Gasteiger partial charge >= 0.3 is 18.7 Å². The molecule has 4 rings (SSSR count). The van der Waals surface area contributed by atoms with Gasteiger partial charge in [0.15, 0.2) is 0 Å². The van der Waals surface area contributed by atoms with E-state index < -0.39 is 70.7 Å². The highest BCUT2D eigenvalue weighted by Gasteiger charge is 2.45. The second-order valence-electron chi connectivity index (χ2n) is 9.40. The average Bonchev–Trinajstić information content (AvgIpc) is 2.93. The molecular formula is C29H18ClF9N2O3. The Kier molecular flexibility index (Phi) is 9.05. The maximum absolute atomic E-state index is 14.9. The van der Waals surface area contributed by atoms with Crippen LogP contribution in [-0.4, -0.2) is 28.5 Å². The molecule has 2 N–H and O–H groups in total. The standard InChI is InChI=1S/C29H18ClF9N2O3/c30-18-4-8-24(40-14-18)27(13-15-1-5-20(42)6-2-15,17-10-19(31)12-21(11-17)44-29(38,39)26(33)34)41-25(43)16-3-7-23(32)22(9-16)28(35,36)37/h1-12,14,26,42H,13H2,(H,41,43)/t27-/m1/s1. The van der Waals surface area contributed by atoms with E-state index in [9.17, 15) is 49.4 Å². The van der Waals surface area contributed by atoms with Crippen molar-refractivity contribution in [2.45, 2.75) is 30.7 Å². The van der Waals surface area contributed by atoms with Gasteiger partial charge in [0, 0.05) is 24.2 Å². The number of aromatic nitrogens is 1. The number of carbonyl (C=O) groups excluding carboxylic acids is 1. The molecule has 232 valence electrons. The number of phenols is 1. The minimum absolute atomic E-state index is 0.0757. The van der Waals surface area contributed by atoms with Crippen LogP contribution in [0.15, 0.2) is 79.0 Å². The number of aromatic hydroxyl groups is 1. The van der Waals surface area contributed by atoms with Gasteiger partial charge in [-0.15, -0.1) is 0 Å². The van der Waals surface area contributed by atoms with Gasteiger partial charge in [-0.05, 0) is 65.7 Å². The lowest BCUT2D eigenvalue weighted by molar-refractivity contribution is -0.253. The normalized spacial score (nSPS) is 13.4. The van der Waals surface area contributed by atoms with Crippen molar-refractivity contribution in [2.75, 3.05) is 0 Å². The highest BCUT2D eigenvalue weighted by atomic mass is 35.5. The molecule has 1 amide bonds. The molecule has 1 atom stereocenters. The molecule has 0 bridgehead atoms. The summed E-state index contributed by atoms with van der Waals surface area (Å²) in [6, 6.07) is 10.9. The Labute approximate surface area is 247 Å². The quantitative estimate of drug-likeness (QED) is 0.181. The number of phenolic OH excluding ortho intramolecular Hbond substituents is 1. The summed E-state index contributed by atoms with van der Waals surface area (Å²) in [5, 5.41) is 12.3. The molecule has 1 aromatic heterocycles. The lowest BCUT2D eigenvalue weighted by Gasteiger charge is -2.36. The summed E-state index contributed by atoms with van der Waals surface area (Å²) in [5.41, 5.74) is -4.95. The van der Waals surface area contributed by atoms with Gasteiger partial charge in [0.05, 0.1) is 16.3 Å². The molecule has 0 aliphatic heterocycles. The second-order valence-corrected chi connectivity index (χ2v) is 9.83. The van der Waals surface area contributed by atoms with Crippen molar-refractivity contribution in [1.29, 1.82) is 0 Å². The number of nitrogens with one attached hydrogen (secondary N) is 1. The minimum Gasteiger partial charge on any atom is -0.508 e. The number of hydrogen-bond donors (Lipinski definition) is 2. The molecule has 0 aliphatic carbocycles. The van der Waals surface area contributed by atoms with E-state index in [1.54, 1.807) is 0 Å². The lowest BCUT2D eigenvalue weighted by atomic mass is 9.80. The first-order valence-electron chi connectivity index (χ1n) is 12.3. The van der Waals surface area contributed by atoms with Crippen molar-refractivity contribution in [3.8, 4) is 11.5 Å². The van der Waals surface area contributed by atoms with E-state index in [0.29, 0.717) is 18.2 Å². The van der Waals surface area contributed by atoms with Crippen LogP contribution in [-0.2, 0) is 18.1 Å². The van der Waals surface area contributed by atoms with Gasteiger partial charge in [0.25, 0.3) is 5.91 Å². The number of benzene rings is 3. The van der Waals surface area contributed by atoms with E-state index in [0.717, 1.165) is 18.3 Å². The van der Waals surface area contributed by atoms with Gasteiger partial charge in [-0.3, -0.25) is 9.78 Å².